The standard InChI is InChI=1S/C35H52NO6P/c1-10-35(8,34(38)39)36-43(40,19-41-9)42-33-29(21(4)5)16-27(18-31(33)23(7)25-13-14-25)26-15-28(20(2)3)32(37)30(17-26)22(6)24-11-12-24/h15-18,20-25,37H,10-14,19H2,1-9H3,(H,36,40)(H,38,39)/t22-,23-,35?,43?/m1/s1. The molecule has 0 saturated heterocycles. The van der Waals surface area contributed by atoms with Crippen LogP contribution in [0.3, 0.4) is 0 Å². The maximum absolute atomic E-state index is 14.3. The number of carbonyl (C=O) groups is 1. The van der Waals surface area contributed by atoms with Crippen LogP contribution >= 0.6 is 7.52 Å². The number of benzene rings is 2. The summed E-state index contributed by atoms with van der Waals surface area (Å²) in [6, 6.07) is 8.57. The summed E-state index contributed by atoms with van der Waals surface area (Å²) in [7, 11) is -2.36. The molecule has 3 N–H and O–H groups in total. The summed E-state index contributed by atoms with van der Waals surface area (Å²) in [4.78, 5) is 12.2. The molecule has 2 aromatic rings. The molecule has 0 heterocycles. The average molecular weight is 614 g/mol. The minimum absolute atomic E-state index is 0.0414. The van der Waals surface area contributed by atoms with Crippen LogP contribution < -0.4 is 9.61 Å². The number of phenolic OH excluding ortho intramolecular Hbond substituents is 1. The van der Waals surface area contributed by atoms with Crippen molar-refractivity contribution in [2.75, 3.05) is 13.5 Å². The molecule has 238 valence electrons. The lowest BCUT2D eigenvalue weighted by molar-refractivity contribution is -0.143. The molecule has 4 atom stereocenters. The van der Waals surface area contributed by atoms with E-state index in [9.17, 15) is 19.6 Å². The van der Waals surface area contributed by atoms with Crippen LogP contribution in [0.15, 0.2) is 24.3 Å². The van der Waals surface area contributed by atoms with Gasteiger partial charge >= 0.3 is 13.5 Å². The number of aliphatic carboxylic acids is 1. The van der Waals surface area contributed by atoms with E-state index in [1.807, 2.05) is 0 Å². The second-order valence-corrected chi connectivity index (χ2v) is 15.8. The molecule has 2 aliphatic carbocycles. The molecular formula is C35H52NO6P. The summed E-state index contributed by atoms with van der Waals surface area (Å²) >= 11 is 0. The van der Waals surface area contributed by atoms with Gasteiger partial charge in [0.15, 0.2) is 0 Å². The zero-order chi connectivity index (χ0) is 31.9. The van der Waals surface area contributed by atoms with Crippen LogP contribution in [0.2, 0.25) is 0 Å². The third-order valence-corrected chi connectivity index (χ3v) is 11.6. The van der Waals surface area contributed by atoms with E-state index in [0.29, 0.717) is 23.3 Å². The number of hydrogen-bond acceptors (Lipinski definition) is 5. The normalized spacial score (nSPS) is 19.6. The van der Waals surface area contributed by atoms with Crippen LogP contribution in [0.5, 0.6) is 11.5 Å². The van der Waals surface area contributed by atoms with E-state index < -0.39 is 19.0 Å². The Balaban J connectivity index is 1.91. The Morgan fingerprint density at radius 2 is 1.37 bits per heavy atom. The number of carboxylic acid groups (broad SMARTS) is 1. The summed E-state index contributed by atoms with van der Waals surface area (Å²) in [6.45, 7) is 16.1. The van der Waals surface area contributed by atoms with Gasteiger partial charge in [-0.2, -0.15) is 0 Å². The van der Waals surface area contributed by atoms with Crippen molar-refractivity contribution < 1.29 is 28.8 Å². The number of methoxy groups -OCH3 is 1. The maximum atomic E-state index is 14.3. The van der Waals surface area contributed by atoms with Gasteiger partial charge in [0.1, 0.15) is 23.4 Å². The molecule has 2 aromatic carbocycles. The van der Waals surface area contributed by atoms with Crippen LogP contribution in [0.1, 0.15) is 133 Å². The first-order chi connectivity index (χ1) is 20.1. The van der Waals surface area contributed by atoms with Crippen LogP contribution in [-0.2, 0) is 14.1 Å². The van der Waals surface area contributed by atoms with Crippen molar-refractivity contribution in [3.05, 3.63) is 46.5 Å². The fourth-order valence-electron chi connectivity index (χ4n) is 6.10. The second kappa shape index (κ2) is 12.9. The fourth-order valence-corrected chi connectivity index (χ4v) is 8.12. The van der Waals surface area contributed by atoms with Crippen molar-refractivity contribution in [1.29, 1.82) is 0 Å². The largest absolute Gasteiger partial charge is 0.507 e. The van der Waals surface area contributed by atoms with E-state index in [2.05, 4.69) is 70.9 Å². The summed E-state index contributed by atoms with van der Waals surface area (Å²) in [5.74, 6) is 1.64. The molecule has 4 rings (SSSR count). The lowest BCUT2D eigenvalue weighted by atomic mass is 9.84. The maximum Gasteiger partial charge on any atom is 0.342 e. The van der Waals surface area contributed by atoms with E-state index >= 15 is 0 Å². The third kappa shape index (κ3) is 7.32. The number of nitrogens with one attached hydrogen (secondary N) is 1. The van der Waals surface area contributed by atoms with Gasteiger partial charge in [-0.15, -0.1) is 0 Å². The van der Waals surface area contributed by atoms with Gasteiger partial charge in [-0.25, -0.2) is 5.09 Å². The van der Waals surface area contributed by atoms with E-state index in [4.69, 9.17) is 9.26 Å². The molecule has 7 nitrogen and oxygen atoms in total. The molecule has 0 aromatic heterocycles. The Kier molecular flexibility index (Phi) is 10.1. The highest BCUT2D eigenvalue weighted by atomic mass is 31.2. The smallest absolute Gasteiger partial charge is 0.342 e. The molecule has 2 fully saturated rings. The Hall–Kier alpha value is -2.34. The molecule has 2 saturated carbocycles. The molecule has 8 heteroatoms. The number of phenols is 1. The van der Waals surface area contributed by atoms with Gasteiger partial charge in [0, 0.05) is 7.11 Å². The second-order valence-electron chi connectivity index (χ2n) is 13.8. The Morgan fingerprint density at radius 3 is 1.81 bits per heavy atom. The van der Waals surface area contributed by atoms with Gasteiger partial charge in [0.05, 0.1) is 0 Å². The van der Waals surface area contributed by atoms with Crippen molar-refractivity contribution in [1.82, 2.24) is 5.09 Å². The van der Waals surface area contributed by atoms with E-state index in [1.54, 1.807) is 6.92 Å². The predicted molar refractivity (Wildman–Crippen MR) is 174 cm³/mol. The SMILES string of the molecule is CCC(C)(NP(=O)(COC)Oc1c(C(C)C)cc(-c2cc(C(C)C)c(O)c([C@H](C)C3CC3)c2)cc1[C@H](C)C1CC1)C(=O)O. The number of aromatic hydroxyl groups is 1. The molecule has 0 amide bonds. The Labute approximate surface area is 258 Å². The van der Waals surface area contributed by atoms with Gasteiger partial charge in [0.25, 0.3) is 0 Å². The first-order valence-corrected chi connectivity index (χ1v) is 17.8. The molecule has 43 heavy (non-hydrogen) atoms. The summed E-state index contributed by atoms with van der Waals surface area (Å²) in [5, 5.41) is 24.1. The first kappa shape index (κ1) is 33.6. The van der Waals surface area contributed by atoms with Crippen molar-refractivity contribution in [3.63, 3.8) is 0 Å². The number of hydrogen-bond donors (Lipinski definition) is 3. The van der Waals surface area contributed by atoms with Crippen molar-refractivity contribution in [2.45, 2.75) is 117 Å². The van der Waals surface area contributed by atoms with Crippen LogP contribution in [0.4, 0.5) is 0 Å². The van der Waals surface area contributed by atoms with Gasteiger partial charge in [-0.05, 0) is 132 Å². The van der Waals surface area contributed by atoms with Gasteiger partial charge in [0.2, 0.25) is 0 Å². The monoisotopic (exact) mass is 613 g/mol. The highest BCUT2D eigenvalue weighted by molar-refractivity contribution is 7.57. The van der Waals surface area contributed by atoms with Crippen LogP contribution in [-0.4, -0.2) is 35.2 Å². The molecule has 0 radical (unpaired) electrons. The minimum atomic E-state index is -3.80. The predicted octanol–water partition coefficient (Wildman–Crippen LogP) is 9.35. The summed E-state index contributed by atoms with van der Waals surface area (Å²) < 4.78 is 26.2. The van der Waals surface area contributed by atoms with E-state index in [-0.39, 0.29) is 36.4 Å². The zero-order valence-corrected chi connectivity index (χ0v) is 28.4. The topological polar surface area (TPSA) is 105 Å². The molecule has 0 bridgehead atoms. The molecule has 0 aliphatic heterocycles. The average Bonchev–Trinajstić information content (AvgIpc) is 3.85. The number of rotatable bonds is 15. The van der Waals surface area contributed by atoms with Gasteiger partial charge < -0.3 is 19.5 Å². The highest BCUT2D eigenvalue weighted by Crippen LogP contribution is 2.54. The lowest BCUT2D eigenvalue weighted by Crippen LogP contribution is -2.48. The van der Waals surface area contributed by atoms with Gasteiger partial charge in [-0.1, -0.05) is 48.5 Å². The van der Waals surface area contributed by atoms with Crippen molar-refractivity contribution in [2.24, 2.45) is 11.8 Å². The van der Waals surface area contributed by atoms with Crippen LogP contribution in [0.25, 0.3) is 11.1 Å². The van der Waals surface area contributed by atoms with Crippen LogP contribution in [0, 0.1) is 11.8 Å². The lowest BCUT2D eigenvalue weighted by Gasteiger charge is -2.32. The molecular weight excluding hydrogens is 561 g/mol. The van der Waals surface area contributed by atoms with Gasteiger partial charge in [-0.3, -0.25) is 9.36 Å². The Bertz CT molecular complexity index is 1380. The van der Waals surface area contributed by atoms with Crippen molar-refractivity contribution >= 4 is 13.5 Å². The molecule has 2 unspecified atom stereocenters. The molecule has 0 spiro atoms. The first-order valence-electron chi connectivity index (χ1n) is 16.0. The zero-order valence-electron chi connectivity index (χ0n) is 27.5. The third-order valence-electron chi connectivity index (χ3n) is 9.67. The quantitative estimate of drug-likeness (QED) is 0.172. The molecule has 2 aliphatic rings. The number of ether oxygens (including phenoxy) is 1. The summed E-state index contributed by atoms with van der Waals surface area (Å²) in [6.07, 6.45) is 4.61. The fraction of sp³-hybridized carbons (Fsp3) is 0.629. The van der Waals surface area contributed by atoms with E-state index in [1.165, 1.54) is 26.9 Å². The number of carboxylic acids is 1. The summed E-state index contributed by atoms with van der Waals surface area (Å²) in [5.41, 5.74) is 4.52. The van der Waals surface area contributed by atoms with E-state index in [0.717, 1.165) is 46.2 Å². The Morgan fingerprint density at radius 1 is 0.907 bits per heavy atom. The van der Waals surface area contributed by atoms with Crippen molar-refractivity contribution in [3.8, 4) is 22.6 Å². The minimum Gasteiger partial charge on any atom is -0.507 e. The highest BCUT2D eigenvalue weighted by Gasteiger charge is 2.42.